The molecule has 3 aromatic rings. The summed E-state index contributed by atoms with van der Waals surface area (Å²) in [6.07, 6.45) is -0.818. The van der Waals surface area contributed by atoms with Crippen molar-refractivity contribution in [1.29, 1.82) is 0 Å². The summed E-state index contributed by atoms with van der Waals surface area (Å²) in [4.78, 5) is 12.2. The van der Waals surface area contributed by atoms with Crippen molar-refractivity contribution < 1.29 is 23.8 Å². The molecule has 0 fully saturated rings. The molecule has 1 aromatic heterocycles. The van der Waals surface area contributed by atoms with E-state index >= 15 is 0 Å². The summed E-state index contributed by atoms with van der Waals surface area (Å²) < 4.78 is 16.6. The highest BCUT2D eigenvalue weighted by molar-refractivity contribution is 5.84. The summed E-state index contributed by atoms with van der Waals surface area (Å²) in [7, 11) is 1.58. The van der Waals surface area contributed by atoms with E-state index in [2.05, 4.69) is 10.6 Å². The monoisotopic (exact) mass is 398 g/mol. The minimum absolute atomic E-state index is 0.0828. The van der Waals surface area contributed by atoms with Crippen LogP contribution in [0, 0.1) is 0 Å². The number of ether oxygens (including phenoxy) is 2. The summed E-state index contributed by atoms with van der Waals surface area (Å²) in [5.41, 5.74) is 1.35. The zero-order valence-corrected chi connectivity index (χ0v) is 16.8. The number of carbonyl (C=O) groups excluding carboxylic acids is 1. The molecule has 2 unspecified atom stereocenters. The Hall–Kier alpha value is -3.19. The van der Waals surface area contributed by atoms with Crippen LogP contribution in [0.1, 0.15) is 37.3 Å². The van der Waals surface area contributed by atoms with E-state index in [1.807, 2.05) is 38.1 Å². The lowest BCUT2D eigenvalue weighted by Gasteiger charge is -2.15. The standard InChI is InChI=1S/C22H26N2O5/c1-4-28-19-7-5-6-16-12-20(29-21(16)19)14(2)24-22(26)23-13-18(25)15-8-10-17(27-3)11-9-15/h5-12,14,18,25H,4,13H2,1-3H3,(H2,23,24,26). The third-order valence-electron chi connectivity index (χ3n) is 4.56. The van der Waals surface area contributed by atoms with E-state index in [0.717, 1.165) is 5.39 Å². The first-order valence-electron chi connectivity index (χ1n) is 9.53. The molecular formula is C22H26N2O5. The molecule has 3 N–H and O–H groups in total. The van der Waals surface area contributed by atoms with Crippen LogP contribution in [0.2, 0.25) is 0 Å². The van der Waals surface area contributed by atoms with Gasteiger partial charge in [0.05, 0.1) is 25.9 Å². The van der Waals surface area contributed by atoms with Gasteiger partial charge in [-0.05, 0) is 43.7 Å². The van der Waals surface area contributed by atoms with Crippen molar-refractivity contribution >= 4 is 17.0 Å². The van der Waals surface area contributed by atoms with Gasteiger partial charge in [-0.3, -0.25) is 0 Å². The normalized spacial score (nSPS) is 13.0. The lowest BCUT2D eigenvalue weighted by molar-refractivity contribution is 0.172. The number of hydrogen-bond acceptors (Lipinski definition) is 5. The molecule has 0 radical (unpaired) electrons. The molecule has 0 bridgehead atoms. The average molecular weight is 398 g/mol. The third-order valence-corrected chi connectivity index (χ3v) is 4.56. The zero-order chi connectivity index (χ0) is 20.8. The van der Waals surface area contributed by atoms with Gasteiger partial charge < -0.3 is 29.6 Å². The van der Waals surface area contributed by atoms with Gasteiger partial charge in [0.25, 0.3) is 0 Å². The number of aliphatic hydroxyl groups is 1. The van der Waals surface area contributed by atoms with Gasteiger partial charge in [-0.1, -0.05) is 24.3 Å². The number of nitrogens with one attached hydrogen (secondary N) is 2. The van der Waals surface area contributed by atoms with E-state index in [-0.39, 0.29) is 12.6 Å². The molecule has 29 heavy (non-hydrogen) atoms. The molecule has 2 aromatic carbocycles. The predicted octanol–water partition coefficient (Wildman–Crippen LogP) is 3.93. The summed E-state index contributed by atoms with van der Waals surface area (Å²) in [6.45, 7) is 4.37. The van der Waals surface area contributed by atoms with Gasteiger partial charge >= 0.3 is 6.03 Å². The van der Waals surface area contributed by atoms with E-state index in [1.54, 1.807) is 31.4 Å². The van der Waals surface area contributed by atoms with Crippen molar-refractivity contribution in [3.8, 4) is 11.5 Å². The Labute approximate surface area is 169 Å². The Balaban J connectivity index is 1.57. The molecule has 0 spiro atoms. The number of rotatable bonds is 8. The first-order valence-corrected chi connectivity index (χ1v) is 9.53. The van der Waals surface area contributed by atoms with Crippen molar-refractivity contribution in [3.05, 3.63) is 59.9 Å². The molecule has 3 rings (SSSR count). The number of hydrogen-bond donors (Lipinski definition) is 3. The molecule has 0 aliphatic carbocycles. The lowest BCUT2D eigenvalue weighted by Crippen LogP contribution is -2.39. The van der Waals surface area contributed by atoms with Crippen LogP contribution in [0.25, 0.3) is 11.0 Å². The number of fused-ring (bicyclic) bond motifs is 1. The number of para-hydroxylation sites is 1. The minimum Gasteiger partial charge on any atom is -0.497 e. The van der Waals surface area contributed by atoms with Gasteiger partial charge in [-0.2, -0.15) is 0 Å². The Morgan fingerprint density at radius 2 is 1.97 bits per heavy atom. The second-order valence-corrected chi connectivity index (χ2v) is 6.62. The van der Waals surface area contributed by atoms with Gasteiger partial charge in [0.2, 0.25) is 0 Å². The van der Waals surface area contributed by atoms with Crippen molar-refractivity contribution in [3.63, 3.8) is 0 Å². The Morgan fingerprint density at radius 1 is 1.21 bits per heavy atom. The van der Waals surface area contributed by atoms with Gasteiger partial charge in [-0.25, -0.2) is 4.79 Å². The zero-order valence-electron chi connectivity index (χ0n) is 16.8. The highest BCUT2D eigenvalue weighted by Crippen LogP contribution is 2.31. The fourth-order valence-corrected chi connectivity index (χ4v) is 2.99. The molecule has 0 saturated carbocycles. The lowest BCUT2D eigenvalue weighted by atomic mass is 10.1. The summed E-state index contributed by atoms with van der Waals surface area (Å²) in [5.74, 6) is 2.01. The summed E-state index contributed by atoms with van der Waals surface area (Å²) >= 11 is 0. The van der Waals surface area contributed by atoms with Crippen molar-refractivity contribution in [2.24, 2.45) is 0 Å². The maximum Gasteiger partial charge on any atom is 0.315 e. The first kappa shape index (κ1) is 20.5. The molecule has 154 valence electrons. The molecule has 1 heterocycles. The number of methoxy groups -OCH3 is 1. The van der Waals surface area contributed by atoms with Gasteiger partial charge in [0, 0.05) is 11.9 Å². The van der Waals surface area contributed by atoms with E-state index in [4.69, 9.17) is 13.9 Å². The molecule has 7 heteroatoms. The van der Waals surface area contributed by atoms with Crippen LogP contribution in [-0.4, -0.2) is 31.4 Å². The van der Waals surface area contributed by atoms with Crippen LogP contribution in [0.15, 0.2) is 52.9 Å². The highest BCUT2D eigenvalue weighted by Gasteiger charge is 2.17. The maximum atomic E-state index is 12.2. The van der Waals surface area contributed by atoms with Crippen LogP contribution < -0.4 is 20.1 Å². The van der Waals surface area contributed by atoms with Crippen LogP contribution in [0.5, 0.6) is 11.5 Å². The largest absolute Gasteiger partial charge is 0.497 e. The van der Waals surface area contributed by atoms with Crippen LogP contribution in [-0.2, 0) is 0 Å². The molecule has 2 amide bonds. The van der Waals surface area contributed by atoms with E-state index in [1.165, 1.54) is 0 Å². The van der Waals surface area contributed by atoms with Crippen molar-refractivity contribution in [1.82, 2.24) is 10.6 Å². The Morgan fingerprint density at radius 3 is 2.66 bits per heavy atom. The fraction of sp³-hybridized carbons (Fsp3) is 0.318. The van der Waals surface area contributed by atoms with Gasteiger partial charge in [-0.15, -0.1) is 0 Å². The fourth-order valence-electron chi connectivity index (χ4n) is 2.99. The van der Waals surface area contributed by atoms with Crippen molar-refractivity contribution in [2.45, 2.75) is 26.0 Å². The quantitative estimate of drug-likeness (QED) is 0.535. The molecule has 7 nitrogen and oxygen atoms in total. The van der Waals surface area contributed by atoms with Gasteiger partial charge in [0.1, 0.15) is 11.5 Å². The van der Waals surface area contributed by atoms with E-state index < -0.39 is 12.1 Å². The molecule has 2 atom stereocenters. The number of urea groups is 1. The number of benzene rings is 2. The predicted molar refractivity (Wildman–Crippen MR) is 110 cm³/mol. The number of carbonyl (C=O) groups is 1. The number of furan rings is 1. The molecule has 0 aliphatic rings. The second kappa shape index (κ2) is 9.34. The van der Waals surface area contributed by atoms with Gasteiger partial charge in [0.15, 0.2) is 11.3 Å². The smallest absolute Gasteiger partial charge is 0.315 e. The minimum atomic E-state index is -0.818. The molecule has 0 saturated heterocycles. The number of aliphatic hydroxyl groups excluding tert-OH is 1. The van der Waals surface area contributed by atoms with Crippen LogP contribution >= 0.6 is 0 Å². The maximum absolute atomic E-state index is 12.2. The number of amides is 2. The van der Waals surface area contributed by atoms with Crippen molar-refractivity contribution in [2.75, 3.05) is 20.3 Å². The average Bonchev–Trinajstić information content (AvgIpc) is 3.18. The Kier molecular flexibility index (Phi) is 6.61. The molecule has 0 aliphatic heterocycles. The highest BCUT2D eigenvalue weighted by atomic mass is 16.5. The SMILES string of the molecule is CCOc1cccc2cc(C(C)NC(=O)NCC(O)c3ccc(OC)cc3)oc12. The summed E-state index contributed by atoms with van der Waals surface area (Å²) in [6, 6.07) is 13.9. The Bertz CT molecular complexity index is 951. The molecular weight excluding hydrogens is 372 g/mol. The van der Waals surface area contributed by atoms with Crippen LogP contribution in [0.3, 0.4) is 0 Å². The first-order chi connectivity index (χ1) is 14.0. The van der Waals surface area contributed by atoms with E-state index in [9.17, 15) is 9.90 Å². The second-order valence-electron chi connectivity index (χ2n) is 6.62. The third kappa shape index (κ3) is 5.00. The van der Waals surface area contributed by atoms with E-state index in [0.29, 0.717) is 35.0 Å². The summed E-state index contributed by atoms with van der Waals surface area (Å²) in [5, 5.41) is 16.7. The topological polar surface area (TPSA) is 93.0 Å². The van der Waals surface area contributed by atoms with Crippen LogP contribution in [0.4, 0.5) is 4.79 Å².